The van der Waals surface area contributed by atoms with Crippen LogP contribution in [0.3, 0.4) is 0 Å². The number of rotatable bonds is 2. The quantitative estimate of drug-likeness (QED) is 0.733. The molecule has 3 heterocycles. The maximum absolute atomic E-state index is 6.15. The van der Waals surface area contributed by atoms with Crippen LogP contribution in [0.2, 0.25) is 5.02 Å². The van der Waals surface area contributed by atoms with Crippen LogP contribution in [0.5, 0.6) is 0 Å². The van der Waals surface area contributed by atoms with Crippen molar-refractivity contribution in [2.24, 2.45) is 0 Å². The summed E-state index contributed by atoms with van der Waals surface area (Å²) >= 11 is 11.4. The van der Waals surface area contributed by atoms with Crippen LogP contribution in [0.25, 0.3) is 11.0 Å². The molecule has 0 aliphatic carbocycles. The Labute approximate surface area is 112 Å². The molecule has 0 spiro atoms. The van der Waals surface area contributed by atoms with Crippen LogP contribution < -0.4 is 0 Å². The van der Waals surface area contributed by atoms with Gasteiger partial charge in [0.15, 0.2) is 4.77 Å². The van der Waals surface area contributed by atoms with Gasteiger partial charge in [0.2, 0.25) is 0 Å². The van der Waals surface area contributed by atoms with Gasteiger partial charge in [0.05, 0.1) is 28.8 Å². The number of fused-ring (bicyclic) bond motifs is 1. The van der Waals surface area contributed by atoms with Crippen LogP contribution in [-0.2, 0) is 6.54 Å². The molecule has 0 aliphatic rings. The second-order valence-corrected chi connectivity index (χ2v) is 4.76. The van der Waals surface area contributed by atoms with Crippen molar-refractivity contribution in [3.63, 3.8) is 0 Å². The Morgan fingerprint density at radius 3 is 3.06 bits per heavy atom. The molecule has 0 saturated heterocycles. The topological polar surface area (TPSA) is 59.6 Å². The molecule has 0 bridgehead atoms. The second-order valence-electron chi connectivity index (χ2n) is 3.96. The molecule has 0 amide bonds. The smallest absolute Gasteiger partial charge is 0.178 e. The van der Waals surface area contributed by atoms with E-state index in [1.165, 1.54) is 0 Å². The predicted octanol–water partition coefficient (Wildman–Crippen LogP) is 3.09. The summed E-state index contributed by atoms with van der Waals surface area (Å²) in [5, 5.41) is 4.51. The maximum Gasteiger partial charge on any atom is 0.178 e. The first-order valence-corrected chi connectivity index (χ1v) is 6.08. The summed E-state index contributed by atoms with van der Waals surface area (Å²) in [7, 11) is 0. The minimum atomic E-state index is 0.514. The summed E-state index contributed by atoms with van der Waals surface area (Å²) in [5.41, 5.74) is 2.45. The fourth-order valence-electron chi connectivity index (χ4n) is 1.88. The van der Waals surface area contributed by atoms with Crippen LogP contribution in [-0.4, -0.2) is 19.7 Å². The van der Waals surface area contributed by atoms with Gasteiger partial charge in [0.1, 0.15) is 11.5 Å². The van der Waals surface area contributed by atoms with Crippen molar-refractivity contribution < 1.29 is 4.52 Å². The Balaban J connectivity index is 2.16. The molecule has 92 valence electrons. The third-order valence-electron chi connectivity index (χ3n) is 2.63. The number of pyridine rings is 1. The van der Waals surface area contributed by atoms with Crippen LogP contribution >= 0.6 is 23.8 Å². The monoisotopic (exact) mass is 280 g/mol. The molecule has 3 aromatic heterocycles. The average Bonchev–Trinajstić information content (AvgIpc) is 2.85. The molecule has 0 unspecified atom stereocenters. The highest BCUT2D eigenvalue weighted by molar-refractivity contribution is 7.71. The highest BCUT2D eigenvalue weighted by Gasteiger charge is 2.10. The van der Waals surface area contributed by atoms with Crippen molar-refractivity contribution >= 4 is 34.9 Å². The number of aryl methyl sites for hydroxylation is 1. The zero-order chi connectivity index (χ0) is 12.7. The number of hydrogen-bond donors (Lipinski definition) is 1. The third kappa shape index (κ3) is 1.83. The standard InChI is InChI=1S/C11H9ClN4OS/c1-6-2-7(15-17-6)5-16-10-8(12)3-13-4-9(10)14-11(16)18/h2-4H,5H2,1H3,(H,14,18). The predicted molar refractivity (Wildman–Crippen MR) is 70.3 cm³/mol. The second kappa shape index (κ2) is 4.22. The van der Waals surface area contributed by atoms with E-state index in [0.29, 0.717) is 16.3 Å². The molecule has 3 rings (SSSR count). The Hall–Kier alpha value is -1.66. The maximum atomic E-state index is 6.15. The van der Waals surface area contributed by atoms with Gasteiger partial charge >= 0.3 is 0 Å². The van der Waals surface area contributed by atoms with E-state index < -0.39 is 0 Å². The molecule has 1 N–H and O–H groups in total. The van der Waals surface area contributed by atoms with Gasteiger partial charge < -0.3 is 14.1 Å². The lowest BCUT2D eigenvalue weighted by Gasteiger charge is -2.02. The minimum absolute atomic E-state index is 0.514. The molecule has 3 aromatic rings. The molecule has 0 saturated carbocycles. The summed E-state index contributed by atoms with van der Waals surface area (Å²) in [6, 6.07) is 1.87. The van der Waals surface area contributed by atoms with Crippen molar-refractivity contribution in [1.82, 2.24) is 19.7 Å². The van der Waals surface area contributed by atoms with E-state index in [4.69, 9.17) is 28.3 Å². The molecule has 0 aromatic carbocycles. The van der Waals surface area contributed by atoms with Gasteiger partial charge in [-0.25, -0.2) is 0 Å². The zero-order valence-electron chi connectivity index (χ0n) is 9.48. The van der Waals surface area contributed by atoms with Crippen molar-refractivity contribution in [3.8, 4) is 0 Å². The summed E-state index contributed by atoms with van der Waals surface area (Å²) < 4.78 is 7.51. The summed E-state index contributed by atoms with van der Waals surface area (Å²) in [5.74, 6) is 0.768. The number of H-pyrrole nitrogens is 1. The molecule has 0 aliphatic heterocycles. The number of aromatic amines is 1. The first kappa shape index (κ1) is 11.4. The lowest BCUT2D eigenvalue weighted by molar-refractivity contribution is 0.389. The zero-order valence-corrected chi connectivity index (χ0v) is 11.0. The highest BCUT2D eigenvalue weighted by atomic mass is 35.5. The van der Waals surface area contributed by atoms with Crippen molar-refractivity contribution in [2.45, 2.75) is 13.5 Å². The van der Waals surface area contributed by atoms with E-state index in [1.807, 2.05) is 17.6 Å². The molecular weight excluding hydrogens is 272 g/mol. The van der Waals surface area contributed by atoms with Crippen LogP contribution in [0.4, 0.5) is 0 Å². The Kier molecular flexibility index (Phi) is 2.68. The first-order chi connectivity index (χ1) is 8.65. The van der Waals surface area contributed by atoms with E-state index in [2.05, 4.69) is 15.1 Å². The molecule has 18 heavy (non-hydrogen) atoms. The number of halogens is 1. The number of nitrogens with zero attached hydrogens (tertiary/aromatic N) is 3. The van der Waals surface area contributed by atoms with Crippen molar-refractivity contribution in [1.29, 1.82) is 0 Å². The van der Waals surface area contributed by atoms with Crippen molar-refractivity contribution in [3.05, 3.63) is 39.7 Å². The third-order valence-corrected chi connectivity index (χ3v) is 3.23. The van der Waals surface area contributed by atoms with E-state index in [9.17, 15) is 0 Å². The van der Waals surface area contributed by atoms with Gasteiger partial charge in [-0.05, 0) is 19.1 Å². The van der Waals surface area contributed by atoms with E-state index in [1.54, 1.807) is 12.4 Å². The normalized spacial score (nSPS) is 11.2. The molecule has 5 nitrogen and oxygen atoms in total. The molecular formula is C11H9ClN4OS. The van der Waals surface area contributed by atoms with E-state index in [-0.39, 0.29) is 0 Å². The molecule has 7 heteroatoms. The van der Waals surface area contributed by atoms with Gasteiger partial charge in [0, 0.05) is 12.3 Å². The van der Waals surface area contributed by atoms with E-state index >= 15 is 0 Å². The number of imidazole rings is 1. The highest BCUT2D eigenvalue weighted by Crippen LogP contribution is 2.22. The van der Waals surface area contributed by atoms with E-state index in [0.717, 1.165) is 22.5 Å². The van der Waals surface area contributed by atoms with Gasteiger partial charge in [-0.2, -0.15) is 0 Å². The fourth-order valence-corrected chi connectivity index (χ4v) is 2.41. The number of nitrogens with one attached hydrogen (secondary N) is 1. The summed E-state index contributed by atoms with van der Waals surface area (Å²) in [4.78, 5) is 7.09. The molecule has 0 radical (unpaired) electrons. The van der Waals surface area contributed by atoms with Crippen LogP contribution in [0.1, 0.15) is 11.5 Å². The summed E-state index contributed by atoms with van der Waals surface area (Å²) in [6.45, 7) is 2.36. The summed E-state index contributed by atoms with van der Waals surface area (Å²) in [6.07, 6.45) is 3.29. The Morgan fingerprint density at radius 2 is 2.33 bits per heavy atom. The number of aromatic nitrogens is 4. The van der Waals surface area contributed by atoms with Gasteiger partial charge in [0.25, 0.3) is 0 Å². The SMILES string of the molecule is Cc1cc(Cn2c(=S)[nH]c3cncc(Cl)c32)no1. The average molecular weight is 281 g/mol. The number of hydrogen-bond acceptors (Lipinski definition) is 4. The molecule has 0 fully saturated rings. The van der Waals surface area contributed by atoms with Gasteiger partial charge in [-0.1, -0.05) is 16.8 Å². The fraction of sp³-hybridized carbons (Fsp3) is 0.182. The van der Waals surface area contributed by atoms with Gasteiger partial charge in [-0.15, -0.1) is 0 Å². The van der Waals surface area contributed by atoms with Crippen molar-refractivity contribution in [2.75, 3.05) is 0 Å². The Bertz CT molecular complexity index is 773. The first-order valence-electron chi connectivity index (χ1n) is 5.29. The Morgan fingerprint density at radius 1 is 1.50 bits per heavy atom. The minimum Gasteiger partial charge on any atom is -0.361 e. The molecule has 0 atom stereocenters. The lowest BCUT2D eigenvalue weighted by Crippen LogP contribution is -2.00. The van der Waals surface area contributed by atoms with Gasteiger partial charge in [-0.3, -0.25) is 4.98 Å². The van der Waals surface area contributed by atoms with Crippen LogP contribution in [0, 0.1) is 11.7 Å². The van der Waals surface area contributed by atoms with Crippen LogP contribution in [0.15, 0.2) is 23.0 Å². The lowest BCUT2D eigenvalue weighted by atomic mass is 10.3. The largest absolute Gasteiger partial charge is 0.361 e.